The van der Waals surface area contributed by atoms with Gasteiger partial charge in [0.25, 0.3) is 0 Å². The van der Waals surface area contributed by atoms with Gasteiger partial charge in [0.05, 0.1) is 24.1 Å². The summed E-state index contributed by atoms with van der Waals surface area (Å²) in [5.41, 5.74) is 2.12. The van der Waals surface area contributed by atoms with E-state index in [1.165, 1.54) is 19.0 Å². The molecule has 3 aliphatic rings. The van der Waals surface area contributed by atoms with E-state index < -0.39 is 83.4 Å². The van der Waals surface area contributed by atoms with Crippen molar-refractivity contribution in [3.63, 3.8) is 0 Å². The molecule has 5 rings (SSSR count). The van der Waals surface area contributed by atoms with Crippen molar-refractivity contribution in [2.24, 2.45) is 23.7 Å². The zero-order valence-corrected chi connectivity index (χ0v) is 35.5. The van der Waals surface area contributed by atoms with Crippen molar-refractivity contribution in [3.8, 4) is 0 Å². The zero-order valence-electron chi connectivity index (χ0n) is 35.5. The lowest BCUT2D eigenvalue weighted by Gasteiger charge is -2.47. The first kappa shape index (κ1) is 44.6. The number of nitrogens with zero attached hydrogens (tertiary/aromatic N) is 5. The number of ketones is 2. The first-order chi connectivity index (χ1) is 26.9. The van der Waals surface area contributed by atoms with Gasteiger partial charge in [-0.1, -0.05) is 27.7 Å². The molecule has 0 aromatic carbocycles. The Kier molecular flexibility index (Phi) is 14.2. The molecule has 2 N–H and O–H groups in total. The number of carbonyl (C=O) groups is 4. The Hall–Kier alpha value is -3.54. The molecular weight excluding hydrogens is 736 g/mol. The molecule has 0 radical (unpaired) electrons. The normalized spacial score (nSPS) is 37.3. The molecule has 2 aromatic rings. The standard InChI is InChI=1S/C41H64N6O10/c1-12-30-41(8)34(47(39(52)57-41)44-18-13-14-19-46-22-43-28-16-15-17-42-36(28)46)25(4)31(48)23(2)21-40(7,53-11)35(26(5)32(49)27(6)37(51)55-30)56-38-33(50)29(45(9)10)20-24(3)54-38/h15-17,22-27,29-30,33-35,38,44,50H,12-14,18-21H2,1-11H3/t23-,24-,25+,26+,27-,29+,30?,33-,34-,35-,38+,40-,41-/m1/s1. The number of likely N-dealkylation sites (N-methyl/N-ethyl adjacent to an activating group) is 1. The van der Waals surface area contributed by atoms with E-state index in [9.17, 15) is 24.3 Å². The first-order valence-electron chi connectivity index (χ1n) is 20.4. The summed E-state index contributed by atoms with van der Waals surface area (Å²) in [7, 11) is 5.23. The van der Waals surface area contributed by atoms with E-state index in [1.54, 1.807) is 54.1 Å². The number of hydrogen-bond donors (Lipinski definition) is 2. The fourth-order valence-corrected chi connectivity index (χ4v) is 9.20. The van der Waals surface area contributed by atoms with Gasteiger partial charge in [0, 0.05) is 50.2 Å². The SMILES string of the molecule is CCC1OC(=O)[C@H](C)C(=O)[C@H](C)[C@@H](O[C@@H]2O[C@H](C)C[C@H](N(C)C)[C@H]2O)[C@](C)(OC)C[C@@H](C)C(=O)[C@H](C)[C@H]2N(NCCCCn3cnc4cccnc43)C(=O)O[C@]12C. The van der Waals surface area contributed by atoms with Crippen molar-refractivity contribution in [2.45, 2.75) is 148 Å². The van der Waals surface area contributed by atoms with Crippen molar-refractivity contribution in [1.82, 2.24) is 29.9 Å². The van der Waals surface area contributed by atoms with Crippen LogP contribution in [0.3, 0.4) is 0 Å². The Bertz CT molecular complexity index is 1740. The minimum atomic E-state index is -1.45. The molecule has 318 valence electrons. The molecule has 2 aromatic heterocycles. The van der Waals surface area contributed by atoms with E-state index in [-0.39, 0.29) is 30.8 Å². The largest absolute Gasteiger partial charge is 0.458 e. The summed E-state index contributed by atoms with van der Waals surface area (Å²) in [6, 6.07) is 2.58. The predicted octanol–water partition coefficient (Wildman–Crippen LogP) is 3.92. The molecule has 57 heavy (non-hydrogen) atoms. The summed E-state index contributed by atoms with van der Waals surface area (Å²) in [6.07, 6.45) is 0.669. The monoisotopic (exact) mass is 800 g/mol. The number of imidazole rings is 1. The number of cyclic esters (lactones) is 1. The van der Waals surface area contributed by atoms with Crippen LogP contribution in [0.25, 0.3) is 11.2 Å². The van der Waals surface area contributed by atoms with Gasteiger partial charge in [-0.05, 0) is 86.0 Å². The number of ether oxygens (including phenoxy) is 5. The number of aromatic nitrogens is 3. The van der Waals surface area contributed by atoms with Crippen molar-refractivity contribution in [2.75, 3.05) is 27.7 Å². The van der Waals surface area contributed by atoms with E-state index in [1.807, 2.05) is 42.6 Å². The number of Topliss-reactive ketones (excluding diaryl/α,β-unsaturated/α-hetero) is 2. The lowest BCUT2D eigenvalue weighted by atomic mass is 9.73. The topological polar surface area (TPSA) is 184 Å². The molecule has 0 bridgehead atoms. The highest BCUT2D eigenvalue weighted by Crippen LogP contribution is 2.42. The zero-order chi connectivity index (χ0) is 42.0. The van der Waals surface area contributed by atoms with Crippen LogP contribution in [0.4, 0.5) is 4.79 Å². The molecule has 0 aliphatic carbocycles. The second-order valence-electron chi connectivity index (χ2n) is 17.0. The quantitative estimate of drug-likeness (QED) is 0.189. The number of esters is 1. The molecule has 3 aliphatic heterocycles. The van der Waals surface area contributed by atoms with Gasteiger partial charge in [-0.3, -0.25) is 14.4 Å². The van der Waals surface area contributed by atoms with Crippen LogP contribution in [-0.2, 0) is 44.6 Å². The molecule has 16 nitrogen and oxygen atoms in total. The second-order valence-corrected chi connectivity index (χ2v) is 17.0. The summed E-state index contributed by atoms with van der Waals surface area (Å²) >= 11 is 0. The Morgan fingerprint density at radius 3 is 2.42 bits per heavy atom. The van der Waals surface area contributed by atoms with E-state index in [0.717, 1.165) is 17.6 Å². The Balaban J connectivity index is 1.43. The fraction of sp³-hybridized carbons (Fsp3) is 0.756. The highest BCUT2D eigenvalue weighted by molar-refractivity contribution is 6.00. The maximum Gasteiger partial charge on any atom is 0.425 e. The molecule has 16 heteroatoms. The second kappa shape index (κ2) is 18.2. The van der Waals surface area contributed by atoms with Gasteiger partial charge in [-0.15, -0.1) is 0 Å². The summed E-state index contributed by atoms with van der Waals surface area (Å²) in [4.78, 5) is 67.4. The van der Waals surface area contributed by atoms with Gasteiger partial charge in [-0.25, -0.2) is 25.2 Å². The van der Waals surface area contributed by atoms with Gasteiger partial charge < -0.3 is 38.3 Å². The number of rotatable bonds is 11. The fourth-order valence-electron chi connectivity index (χ4n) is 9.20. The first-order valence-corrected chi connectivity index (χ1v) is 20.4. The van der Waals surface area contributed by atoms with E-state index in [4.69, 9.17) is 23.7 Å². The van der Waals surface area contributed by atoms with Crippen LogP contribution in [0.2, 0.25) is 0 Å². The molecule has 5 heterocycles. The number of aryl methyl sites for hydroxylation is 1. The van der Waals surface area contributed by atoms with E-state index >= 15 is 0 Å². The smallest absolute Gasteiger partial charge is 0.425 e. The van der Waals surface area contributed by atoms with E-state index in [2.05, 4.69) is 15.4 Å². The number of amides is 1. The number of methoxy groups -OCH3 is 1. The van der Waals surface area contributed by atoms with Crippen LogP contribution in [0.15, 0.2) is 24.7 Å². The average molecular weight is 801 g/mol. The number of nitrogens with one attached hydrogen (secondary N) is 1. The molecule has 1 unspecified atom stereocenters. The predicted molar refractivity (Wildman–Crippen MR) is 209 cm³/mol. The maximum atomic E-state index is 14.7. The number of carbonyl (C=O) groups excluding carboxylic acids is 4. The Morgan fingerprint density at radius 1 is 1.04 bits per heavy atom. The summed E-state index contributed by atoms with van der Waals surface area (Å²) in [5.74, 6) is -5.09. The van der Waals surface area contributed by atoms with Crippen molar-refractivity contribution in [1.29, 1.82) is 0 Å². The minimum absolute atomic E-state index is 0.115. The number of aliphatic hydroxyl groups excluding tert-OH is 1. The van der Waals surface area contributed by atoms with E-state index in [0.29, 0.717) is 25.9 Å². The highest BCUT2D eigenvalue weighted by Gasteiger charge is 2.61. The summed E-state index contributed by atoms with van der Waals surface area (Å²) in [5, 5.41) is 12.8. The van der Waals surface area contributed by atoms with Crippen LogP contribution in [0.1, 0.15) is 87.5 Å². The van der Waals surface area contributed by atoms with Crippen molar-refractivity contribution in [3.05, 3.63) is 24.7 Å². The number of pyridine rings is 1. The van der Waals surface area contributed by atoms with Crippen LogP contribution in [0, 0.1) is 23.7 Å². The third-order valence-electron chi connectivity index (χ3n) is 12.5. The maximum absolute atomic E-state index is 14.7. The van der Waals surface area contributed by atoms with Gasteiger partial charge in [-0.2, -0.15) is 0 Å². The Morgan fingerprint density at radius 2 is 1.75 bits per heavy atom. The number of unbranched alkanes of at least 4 members (excludes halogenated alkanes) is 1. The lowest BCUT2D eigenvalue weighted by Crippen LogP contribution is -2.61. The molecule has 0 spiro atoms. The lowest BCUT2D eigenvalue weighted by molar-refractivity contribution is -0.295. The summed E-state index contributed by atoms with van der Waals surface area (Å²) < 4.78 is 33.1. The Labute approximate surface area is 336 Å². The number of fused-ring (bicyclic) bond motifs is 2. The van der Waals surface area contributed by atoms with Gasteiger partial charge >= 0.3 is 12.1 Å². The van der Waals surface area contributed by atoms with Crippen LogP contribution in [0.5, 0.6) is 0 Å². The minimum Gasteiger partial charge on any atom is -0.458 e. The third-order valence-corrected chi connectivity index (χ3v) is 12.5. The van der Waals surface area contributed by atoms with Crippen molar-refractivity contribution < 1.29 is 48.0 Å². The van der Waals surface area contributed by atoms with Crippen molar-refractivity contribution >= 4 is 34.8 Å². The third kappa shape index (κ3) is 9.05. The van der Waals surface area contributed by atoms with Gasteiger partial charge in [0.2, 0.25) is 0 Å². The summed E-state index contributed by atoms with van der Waals surface area (Å²) in [6.45, 7) is 14.9. The molecule has 1 amide bonds. The number of hydrazine groups is 1. The van der Waals surface area contributed by atoms with Gasteiger partial charge in [0.1, 0.15) is 35.5 Å². The molecular formula is C41H64N6O10. The molecule has 3 fully saturated rings. The molecule has 13 atom stereocenters. The van der Waals surface area contributed by atoms with Crippen LogP contribution >= 0.6 is 0 Å². The highest BCUT2D eigenvalue weighted by atomic mass is 16.7. The van der Waals surface area contributed by atoms with Crippen LogP contribution in [-0.4, -0.2) is 135 Å². The number of aliphatic hydroxyl groups is 1. The molecule has 3 saturated heterocycles. The molecule has 0 saturated carbocycles. The van der Waals surface area contributed by atoms with Gasteiger partial charge in [0.15, 0.2) is 23.3 Å². The van der Waals surface area contributed by atoms with Crippen LogP contribution < -0.4 is 5.43 Å². The number of hydrogen-bond acceptors (Lipinski definition) is 14. The average Bonchev–Trinajstić information content (AvgIpc) is 3.71.